The maximum absolute atomic E-state index is 12.5. The van der Waals surface area contributed by atoms with Gasteiger partial charge in [0.05, 0.1) is 0 Å². The summed E-state index contributed by atoms with van der Waals surface area (Å²) in [6.07, 6.45) is 5.31. The van der Waals surface area contributed by atoms with E-state index in [1.165, 1.54) is 0 Å². The van der Waals surface area contributed by atoms with Crippen molar-refractivity contribution in [3.8, 4) is 23.5 Å². The highest BCUT2D eigenvalue weighted by atomic mass is 16.5. The zero-order valence-electron chi connectivity index (χ0n) is 17.8. The molecule has 2 aromatic carbocycles. The molecule has 0 heterocycles. The molecule has 1 aliphatic rings. The van der Waals surface area contributed by atoms with Crippen molar-refractivity contribution in [2.75, 3.05) is 6.61 Å². The van der Waals surface area contributed by atoms with Gasteiger partial charge in [0.15, 0.2) is 0 Å². The molecule has 0 radical (unpaired) electrons. The summed E-state index contributed by atoms with van der Waals surface area (Å²) in [5.74, 6) is 0.423. The molecule has 0 saturated carbocycles. The minimum Gasteiger partial charge on any atom is -0.480 e. The number of alkyl carbamates (subject to hydrolysis) is 1. The fourth-order valence-corrected chi connectivity index (χ4v) is 3.93. The Morgan fingerprint density at radius 3 is 2.16 bits per heavy atom. The number of hydrogen-bond acceptors (Lipinski definition) is 4. The lowest BCUT2D eigenvalue weighted by Crippen LogP contribution is -2.51. The van der Waals surface area contributed by atoms with Crippen LogP contribution in [0, 0.1) is 12.3 Å². The maximum Gasteiger partial charge on any atom is 0.407 e. The first-order valence-electron chi connectivity index (χ1n) is 10.5. The molecule has 1 aliphatic carbocycles. The molecule has 0 spiro atoms. The number of terminal acetylenes is 1. The van der Waals surface area contributed by atoms with Crippen LogP contribution in [0.2, 0.25) is 0 Å². The van der Waals surface area contributed by atoms with Gasteiger partial charge in [-0.15, -0.1) is 12.3 Å². The average molecular weight is 434 g/mol. The molecule has 7 nitrogen and oxygen atoms in total. The first-order chi connectivity index (χ1) is 15.5. The molecule has 0 fully saturated rings. The number of nitrogens with one attached hydrogen (secondary N) is 2. The van der Waals surface area contributed by atoms with Gasteiger partial charge in [-0.05, 0) is 28.7 Å². The molecule has 166 valence electrons. The predicted molar refractivity (Wildman–Crippen MR) is 120 cm³/mol. The number of ether oxygens (including phenoxy) is 1. The molecule has 0 bridgehead atoms. The molecule has 2 aromatic rings. The Balaban J connectivity index is 1.65. The number of carboxylic acids is 1. The summed E-state index contributed by atoms with van der Waals surface area (Å²) in [6.45, 7) is 1.91. The van der Waals surface area contributed by atoms with E-state index in [1.807, 2.05) is 55.5 Å². The number of carbonyl (C=O) groups is 3. The molecular formula is C25H26N2O5. The third kappa shape index (κ3) is 5.09. The molecule has 0 aromatic heterocycles. The zero-order valence-corrected chi connectivity index (χ0v) is 17.8. The normalized spacial score (nSPS) is 13.8. The Morgan fingerprint density at radius 2 is 1.62 bits per heavy atom. The summed E-state index contributed by atoms with van der Waals surface area (Å²) in [7, 11) is 0. The lowest BCUT2D eigenvalue weighted by Gasteiger charge is -2.20. The minimum atomic E-state index is -1.14. The largest absolute Gasteiger partial charge is 0.480 e. The average Bonchev–Trinajstić information content (AvgIpc) is 3.10. The fraction of sp³-hybridized carbons (Fsp3) is 0.320. The standard InChI is InChI=1S/C25H26N2O5/c1-3-9-21(23(28)26-22(10-4-2)24(29)30)27-25(31)32-15-20-18-13-7-5-11-16(18)17-12-6-8-14-19(17)20/h1,5-8,11-14,20-22H,4,9-10,15H2,2H3,(H,26,28)(H,27,31)(H,29,30)/t21?,22-/m1/s1. The van der Waals surface area contributed by atoms with E-state index in [-0.39, 0.29) is 25.4 Å². The van der Waals surface area contributed by atoms with Crippen LogP contribution in [0.1, 0.15) is 43.2 Å². The van der Waals surface area contributed by atoms with E-state index < -0.39 is 30.1 Å². The number of hydrogen-bond donors (Lipinski definition) is 3. The first-order valence-corrected chi connectivity index (χ1v) is 10.5. The third-order valence-corrected chi connectivity index (χ3v) is 5.47. The van der Waals surface area contributed by atoms with Crippen LogP contribution in [-0.4, -0.2) is 41.8 Å². The summed E-state index contributed by atoms with van der Waals surface area (Å²) in [5.41, 5.74) is 4.36. The molecule has 1 unspecified atom stereocenters. The van der Waals surface area contributed by atoms with Gasteiger partial charge >= 0.3 is 12.1 Å². The molecule has 3 rings (SSSR count). The van der Waals surface area contributed by atoms with Crippen molar-refractivity contribution < 1.29 is 24.2 Å². The molecule has 32 heavy (non-hydrogen) atoms. The van der Waals surface area contributed by atoms with Crippen LogP contribution >= 0.6 is 0 Å². The van der Waals surface area contributed by atoms with Gasteiger partial charge in [-0.1, -0.05) is 61.9 Å². The van der Waals surface area contributed by atoms with Gasteiger partial charge < -0.3 is 20.5 Å². The van der Waals surface area contributed by atoms with Gasteiger partial charge in [0, 0.05) is 12.3 Å². The van der Waals surface area contributed by atoms with Gasteiger partial charge in [-0.2, -0.15) is 0 Å². The number of carboxylic acid groups (broad SMARTS) is 1. The van der Waals surface area contributed by atoms with Gasteiger partial charge in [-0.3, -0.25) is 4.79 Å². The van der Waals surface area contributed by atoms with Crippen LogP contribution in [0.4, 0.5) is 4.79 Å². The number of benzene rings is 2. The first kappa shape index (κ1) is 22.9. The highest BCUT2D eigenvalue weighted by molar-refractivity contribution is 5.89. The van der Waals surface area contributed by atoms with Crippen LogP contribution in [0.5, 0.6) is 0 Å². The Hall–Kier alpha value is -3.79. The second kappa shape index (κ2) is 10.5. The summed E-state index contributed by atoms with van der Waals surface area (Å²) in [6, 6.07) is 13.8. The monoisotopic (exact) mass is 434 g/mol. The van der Waals surface area contributed by atoms with Crippen LogP contribution in [0.15, 0.2) is 48.5 Å². The van der Waals surface area contributed by atoms with Crippen molar-refractivity contribution in [2.45, 2.75) is 44.2 Å². The smallest absolute Gasteiger partial charge is 0.407 e. The van der Waals surface area contributed by atoms with E-state index in [4.69, 9.17) is 11.2 Å². The summed E-state index contributed by atoms with van der Waals surface area (Å²) < 4.78 is 5.45. The van der Waals surface area contributed by atoms with E-state index in [0.29, 0.717) is 6.42 Å². The SMILES string of the molecule is C#CCC(NC(=O)OCC1c2ccccc2-c2ccccc21)C(=O)N[C@H](CCC)C(=O)O. The van der Waals surface area contributed by atoms with Crippen molar-refractivity contribution in [3.63, 3.8) is 0 Å². The second-order valence-corrected chi connectivity index (χ2v) is 7.62. The Morgan fingerprint density at radius 1 is 1.03 bits per heavy atom. The Bertz CT molecular complexity index is 997. The second-order valence-electron chi connectivity index (χ2n) is 7.62. The highest BCUT2D eigenvalue weighted by Gasteiger charge is 2.30. The Labute approximate surface area is 187 Å². The highest BCUT2D eigenvalue weighted by Crippen LogP contribution is 2.44. The summed E-state index contributed by atoms with van der Waals surface area (Å²) in [4.78, 5) is 36.3. The number of aliphatic carboxylic acids is 1. The van der Waals surface area contributed by atoms with Gasteiger partial charge in [0.1, 0.15) is 18.7 Å². The van der Waals surface area contributed by atoms with Crippen LogP contribution in [0.3, 0.4) is 0 Å². The van der Waals surface area contributed by atoms with E-state index in [9.17, 15) is 19.5 Å². The predicted octanol–water partition coefficient (Wildman–Crippen LogP) is 3.29. The zero-order chi connectivity index (χ0) is 23.1. The number of rotatable bonds is 9. The van der Waals surface area contributed by atoms with Crippen LogP contribution in [-0.2, 0) is 14.3 Å². The maximum atomic E-state index is 12.5. The molecule has 0 saturated heterocycles. The van der Waals surface area contributed by atoms with Crippen LogP contribution in [0.25, 0.3) is 11.1 Å². The van der Waals surface area contributed by atoms with E-state index in [1.54, 1.807) is 0 Å². The van der Waals surface area contributed by atoms with E-state index >= 15 is 0 Å². The Kier molecular flexibility index (Phi) is 7.50. The third-order valence-electron chi connectivity index (χ3n) is 5.47. The lowest BCUT2D eigenvalue weighted by molar-refractivity contribution is -0.142. The van der Waals surface area contributed by atoms with Gasteiger partial charge in [0.25, 0.3) is 0 Å². The number of carbonyl (C=O) groups excluding carboxylic acids is 2. The number of fused-ring (bicyclic) bond motifs is 3. The van der Waals surface area contributed by atoms with Crippen molar-refractivity contribution >= 4 is 18.0 Å². The molecular weight excluding hydrogens is 408 g/mol. The van der Waals surface area contributed by atoms with Crippen molar-refractivity contribution in [2.24, 2.45) is 0 Å². The number of amides is 2. The molecule has 2 amide bonds. The summed E-state index contributed by atoms with van der Waals surface area (Å²) >= 11 is 0. The van der Waals surface area contributed by atoms with Gasteiger partial charge in [0.2, 0.25) is 5.91 Å². The topological polar surface area (TPSA) is 105 Å². The van der Waals surface area contributed by atoms with Crippen LogP contribution < -0.4 is 10.6 Å². The lowest BCUT2D eigenvalue weighted by atomic mass is 9.98. The molecule has 2 atom stereocenters. The summed E-state index contributed by atoms with van der Waals surface area (Å²) in [5, 5.41) is 14.1. The van der Waals surface area contributed by atoms with Crippen molar-refractivity contribution in [1.82, 2.24) is 10.6 Å². The van der Waals surface area contributed by atoms with Crippen molar-refractivity contribution in [3.05, 3.63) is 59.7 Å². The molecule has 3 N–H and O–H groups in total. The molecule has 7 heteroatoms. The van der Waals surface area contributed by atoms with E-state index in [2.05, 4.69) is 16.6 Å². The fourth-order valence-electron chi connectivity index (χ4n) is 3.93. The quantitative estimate of drug-likeness (QED) is 0.526. The molecule has 0 aliphatic heterocycles. The van der Waals surface area contributed by atoms with E-state index in [0.717, 1.165) is 22.3 Å². The minimum absolute atomic E-state index is 0.0888. The van der Waals surface area contributed by atoms with Gasteiger partial charge in [-0.25, -0.2) is 9.59 Å². The van der Waals surface area contributed by atoms with Crippen molar-refractivity contribution in [1.29, 1.82) is 0 Å².